The maximum absolute atomic E-state index is 12.5. The number of nitrogens with one attached hydrogen (secondary N) is 2. The zero-order valence-corrected chi connectivity index (χ0v) is 18.1. The summed E-state index contributed by atoms with van der Waals surface area (Å²) in [5, 5.41) is 7.80. The summed E-state index contributed by atoms with van der Waals surface area (Å²) in [5.41, 5.74) is 1.81. The minimum absolute atomic E-state index is 0.251. The van der Waals surface area contributed by atoms with Gasteiger partial charge >= 0.3 is 0 Å². The van der Waals surface area contributed by atoms with Gasteiger partial charge in [0.25, 0.3) is 11.8 Å². The summed E-state index contributed by atoms with van der Waals surface area (Å²) in [6, 6.07) is 13.9. The van der Waals surface area contributed by atoms with Crippen molar-refractivity contribution in [2.45, 2.75) is 6.42 Å². The molecule has 3 aromatic rings. The molecule has 2 amide bonds. The Morgan fingerprint density at radius 3 is 2.50 bits per heavy atom. The molecule has 6 nitrogen and oxygen atoms in total. The average molecular weight is 445 g/mol. The first-order valence-electron chi connectivity index (χ1n) is 9.15. The lowest BCUT2D eigenvalue weighted by Gasteiger charge is -2.11. The molecule has 3 rings (SSSR count). The largest absolute Gasteiger partial charge is 0.493 e. The molecule has 0 saturated carbocycles. The standard InChI is InChI=1S/C22H21ClN2O4S/c1-28-18-8-5-14(12-19(18)29-2)9-10-24-21(26)15-6-7-16(23)17(13-15)25-22(27)20-4-3-11-30-20/h3-8,11-13H,9-10H2,1-2H3,(H,24,26)(H,25,27). The van der Waals surface area contributed by atoms with Crippen molar-refractivity contribution >= 4 is 40.4 Å². The number of hydrogen-bond acceptors (Lipinski definition) is 5. The number of benzene rings is 2. The second kappa shape index (κ2) is 10.1. The minimum Gasteiger partial charge on any atom is -0.493 e. The van der Waals surface area contributed by atoms with Gasteiger partial charge in [-0.05, 0) is 53.8 Å². The molecule has 1 aromatic heterocycles. The molecule has 2 aromatic carbocycles. The fourth-order valence-electron chi connectivity index (χ4n) is 2.81. The molecule has 156 valence electrons. The van der Waals surface area contributed by atoms with E-state index in [-0.39, 0.29) is 11.8 Å². The third kappa shape index (κ3) is 5.31. The number of methoxy groups -OCH3 is 2. The summed E-state index contributed by atoms with van der Waals surface area (Å²) in [5.74, 6) is 0.783. The molecule has 0 atom stereocenters. The minimum atomic E-state index is -0.266. The third-order valence-electron chi connectivity index (χ3n) is 4.37. The molecule has 1 heterocycles. The third-order valence-corrected chi connectivity index (χ3v) is 5.57. The fraction of sp³-hybridized carbons (Fsp3) is 0.182. The zero-order valence-electron chi connectivity index (χ0n) is 16.5. The van der Waals surface area contributed by atoms with Gasteiger partial charge in [-0.2, -0.15) is 0 Å². The van der Waals surface area contributed by atoms with E-state index in [0.717, 1.165) is 5.56 Å². The quantitative estimate of drug-likeness (QED) is 0.530. The summed E-state index contributed by atoms with van der Waals surface area (Å²) in [4.78, 5) is 25.3. The van der Waals surface area contributed by atoms with E-state index in [0.29, 0.717) is 45.6 Å². The van der Waals surface area contributed by atoms with Crippen LogP contribution >= 0.6 is 22.9 Å². The van der Waals surface area contributed by atoms with Crippen molar-refractivity contribution in [2.24, 2.45) is 0 Å². The van der Waals surface area contributed by atoms with Gasteiger partial charge in [0.15, 0.2) is 11.5 Å². The van der Waals surface area contributed by atoms with E-state index in [2.05, 4.69) is 10.6 Å². The van der Waals surface area contributed by atoms with Crippen LogP contribution in [0.2, 0.25) is 5.02 Å². The number of carbonyl (C=O) groups is 2. The highest BCUT2D eigenvalue weighted by Gasteiger charge is 2.13. The van der Waals surface area contributed by atoms with Gasteiger partial charge in [-0.25, -0.2) is 0 Å². The van der Waals surface area contributed by atoms with Crippen LogP contribution in [0.15, 0.2) is 53.9 Å². The summed E-state index contributed by atoms with van der Waals surface area (Å²) >= 11 is 7.51. The lowest BCUT2D eigenvalue weighted by atomic mass is 10.1. The van der Waals surface area contributed by atoms with Gasteiger partial charge in [-0.3, -0.25) is 9.59 Å². The molecule has 0 aliphatic carbocycles. The lowest BCUT2D eigenvalue weighted by Crippen LogP contribution is -2.25. The molecule has 0 fully saturated rings. The molecule has 0 unspecified atom stereocenters. The van der Waals surface area contributed by atoms with Crippen molar-refractivity contribution in [3.8, 4) is 11.5 Å². The van der Waals surface area contributed by atoms with Crippen LogP contribution in [0.5, 0.6) is 11.5 Å². The second-order valence-electron chi connectivity index (χ2n) is 6.32. The van der Waals surface area contributed by atoms with Gasteiger partial charge in [0.2, 0.25) is 0 Å². The van der Waals surface area contributed by atoms with Crippen molar-refractivity contribution in [2.75, 3.05) is 26.1 Å². The number of hydrogen-bond donors (Lipinski definition) is 2. The Morgan fingerprint density at radius 2 is 1.80 bits per heavy atom. The normalized spacial score (nSPS) is 10.4. The number of carbonyl (C=O) groups excluding carboxylic acids is 2. The van der Waals surface area contributed by atoms with Crippen molar-refractivity contribution in [1.82, 2.24) is 5.32 Å². The number of rotatable bonds is 8. The van der Waals surface area contributed by atoms with Crippen LogP contribution in [0.25, 0.3) is 0 Å². The van der Waals surface area contributed by atoms with Crippen LogP contribution in [-0.2, 0) is 6.42 Å². The molecule has 30 heavy (non-hydrogen) atoms. The topological polar surface area (TPSA) is 76.7 Å². The number of ether oxygens (including phenoxy) is 2. The first-order valence-corrected chi connectivity index (χ1v) is 10.4. The highest BCUT2D eigenvalue weighted by molar-refractivity contribution is 7.12. The van der Waals surface area contributed by atoms with Gasteiger partial charge < -0.3 is 20.1 Å². The lowest BCUT2D eigenvalue weighted by molar-refractivity contribution is 0.0952. The van der Waals surface area contributed by atoms with Crippen molar-refractivity contribution in [3.05, 3.63) is 74.9 Å². The van der Waals surface area contributed by atoms with E-state index in [4.69, 9.17) is 21.1 Å². The summed E-state index contributed by atoms with van der Waals surface area (Å²) in [7, 11) is 3.17. The van der Waals surface area contributed by atoms with Crippen LogP contribution in [0.4, 0.5) is 5.69 Å². The van der Waals surface area contributed by atoms with E-state index in [1.54, 1.807) is 44.6 Å². The highest BCUT2D eigenvalue weighted by Crippen LogP contribution is 2.28. The molecular formula is C22H21ClN2O4S. The van der Waals surface area contributed by atoms with E-state index in [1.165, 1.54) is 11.3 Å². The van der Waals surface area contributed by atoms with Crippen LogP contribution in [0.1, 0.15) is 25.6 Å². The van der Waals surface area contributed by atoms with Gasteiger partial charge in [0, 0.05) is 12.1 Å². The molecule has 0 aliphatic rings. The van der Waals surface area contributed by atoms with Crippen molar-refractivity contribution in [1.29, 1.82) is 0 Å². The van der Waals surface area contributed by atoms with Gasteiger partial charge in [0.1, 0.15) is 0 Å². The molecule has 0 spiro atoms. The Labute approximate surface area is 183 Å². The summed E-state index contributed by atoms with van der Waals surface area (Å²) in [6.45, 7) is 0.438. The Bertz CT molecular complexity index is 1040. The second-order valence-corrected chi connectivity index (χ2v) is 7.68. The first-order chi connectivity index (χ1) is 14.5. The Kier molecular flexibility index (Phi) is 7.32. The molecule has 0 saturated heterocycles. The van der Waals surface area contributed by atoms with E-state index in [9.17, 15) is 9.59 Å². The zero-order chi connectivity index (χ0) is 21.5. The fourth-order valence-corrected chi connectivity index (χ4v) is 3.60. The predicted molar refractivity (Wildman–Crippen MR) is 119 cm³/mol. The SMILES string of the molecule is COc1ccc(CCNC(=O)c2ccc(Cl)c(NC(=O)c3cccs3)c2)cc1OC. The molecule has 0 radical (unpaired) electrons. The molecule has 0 bridgehead atoms. The van der Waals surface area contributed by atoms with Crippen LogP contribution in [0, 0.1) is 0 Å². The molecule has 0 aliphatic heterocycles. The van der Waals surface area contributed by atoms with E-state index in [1.807, 2.05) is 23.6 Å². The summed E-state index contributed by atoms with van der Waals surface area (Å²) < 4.78 is 10.5. The number of anilines is 1. The van der Waals surface area contributed by atoms with E-state index < -0.39 is 0 Å². The molecule has 8 heteroatoms. The van der Waals surface area contributed by atoms with Crippen molar-refractivity contribution < 1.29 is 19.1 Å². The summed E-state index contributed by atoms with van der Waals surface area (Å²) in [6.07, 6.45) is 0.627. The van der Waals surface area contributed by atoms with Crippen LogP contribution < -0.4 is 20.1 Å². The average Bonchev–Trinajstić information content (AvgIpc) is 3.30. The maximum atomic E-state index is 12.5. The Balaban J connectivity index is 1.61. The maximum Gasteiger partial charge on any atom is 0.265 e. The van der Waals surface area contributed by atoms with Gasteiger partial charge in [0.05, 0.1) is 29.8 Å². The van der Waals surface area contributed by atoms with Crippen LogP contribution in [0.3, 0.4) is 0 Å². The predicted octanol–water partition coefficient (Wildman–Crippen LogP) is 4.64. The smallest absolute Gasteiger partial charge is 0.265 e. The monoisotopic (exact) mass is 444 g/mol. The van der Waals surface area contributed by atoms with Gasteiger partial charge in [-0.15, -0.1) is 11.3 Å². The van der Waals surface area contributed by atoms with Crippen molar-refractivity contribution in [3.63, 3.8) is 0 Å². The number of halogens is 1. The number of amides is 2. The molecular weight excluding hydrogens is 424 g/mol. The molecule has 2 N–H and O–H groups in total. The number of thiophene rings is 1. The van der Waals surface area contributed by atoms with E-state index >= 15 is 0 Å². The first kappa shape index (κ1) is 21.7. The van der Waals surface area contributed by atoms with Crippen LogP contribution in [-0.4, -0.2) is 32.6 Å². The highest BCUT2D eigenvalue weighted by atomic mass is 35.5. The Morgan fingerprint density at radius 1 is 1.00 bits per heavy atom. The van der Waals surface area contributed by atoms with Gasteiger partial charge in [-0.1, -0.05) is 23.7 Å². The Hall–Kier alpha value is -3.03.